The van der Waals surface area contributed by atoms with Gasteiger partial charge in [0.25, 0.3) is 0 Å². The van der Waals surface area contributed by atoms with Gasteiger partial charge in [-0.05, 0) is 37.8 Å². The summed E-state index contributed by atoms with van der Waals surface area (Å²) in [6.45, 7) is 4.80. The predicted octanol–water partition coefficient (Wildman–Crippen LogP) is 2.54. The zero-order valence-corrected chi connectivity index (χ0v) is 18.3. The second-order valence-corrected chi connectivity index (χ2v) is 7.92. The van der Waals surface area contributed by atoms with E-state index in [0.717, 1.165) is 44.3 Å². The van der Waals surface area contributed by atoms with Crippen molar-refractivity contribution in [3.8, 4) is 0 Å². The molecule has 0 saturated heterocycles. The molecule has 29 heavy (non-hydrogen) atoms. The van der Waals surface area contributed by atoms with Crippen LogP contribution in [0.1, 0.15) is 38.2 Å². The van der Waals surface area contributed by atoms with E-state index >= 15 is 0 Å². The molecule has 162 valence electrons. The first-order chi connectivity index (χ1) is 13.6. The molecule has 0 spiro atoms. The van der Waals surface area contributed by atoms with E-state index in [-0.39, 0.29) is 42.1 Å². The molecule has 1 aliphatic heterocycles. The first-order valence-electron chi connectivity index (χ1n) is 10.5. The molecule has 2 aliphatic rings. The number of carbonyl (C=O) groups is 2. The van der Waals surface area contributed by atoms with Crippen molar-refractivity contribution in [1.82, 2.24) is 10.6 Å². The van der Waals surface area contributed by atoms with Crippen LogP contribution in [0.15, 0.2) is 24.3 Å². The number of para-hydroxylation sites is 1. The lowest BCUT2D eigenvalue weighted by atomic mass is 9.77. The Bertz CT molecular complexity index is 685. The van der Waals surface area contributed by atoms with Gasteiger partial charge < -0.3 is 20.3 Å². The lowest BCUT2D eigenvalue weighted by molar-refractivity contribution is -0.135. The van der Waals surface area contributed by atoms with E-state index in [2.05, 4.69) is 23.6 Å². The maximum Gasteiger partial charge on any atom is 0.231 e. The Morgan fingerprint density at radius 2 is 1.83 bits per heavy atom. The summed E-state index contributed by atoms with van der Waals surface area (Å²) >= 11 is 0. The smallest absolute Gasteiger partial charge is 0.231 e. The Morgan fingerprint density at radius 1 is 1.10 bits per heavy atom. The number of anilines is 1. The topological polar surface area (TPSA) is 70.7 Å². The van der Waals surface area contributed by atoms with E-state index in [1.807, 2.05) is 23.1 Å². The zero-order chi connectivity index (χ0) is 19.9. The minimum absolute atomic E-state index is 0. The van der Waals surface area contributed by atoms with E-state index in [9.17, 15) is 9.59 Å². The van der Waals surface area contributed by atoms with Crippen molar-refractivity contribution in [1.29, 1.82) is 0 Å². The van der Waals surface area contributed by atoms with Crippen LogP contribution in [0, 0.1) is 11.8 Å². The Balaban J connectivity index is 0.00000300. The number of fused-ring (bicyclic) bond motifs is 1. The van der Waals surface area contributed by atoms with Crippen LogP contribution < -0.4 is 15.5 Å². The molecule has 3 unspecified atom stereocenters. The Hall–Kier alpha value is -1.63. The molecule has 1 fully saturated rings. The number of carbonyl (C=O) groups excluding carboxylic acids is 2. The molecule has 1 aromatic carbocycles. The van der Waals surface area contributed by atoms with Gasteiger partial charge in [0.15, 0.2) is 0 Å². The van der Waals surface area contributed by atoms with E-state index in [4.69, 9.17) is 4.74 Å². The highest BCUT2D eigenvalue weighted by molar-refractivity contribution is 6.00. The number of ether oxygens (including phenoxy) is 1. The number of rotatable bonds is 8. The summed E-state index contributed by atoms with van der Waals surface area (Å²) in [6.07, 6.45) is 4.51. The molecule has 1 aromatic rings. The second kappa shape index (κ2) is 11.5. The van der Waals surface area contributed by atoms with Crippen molar-refractivity contribution in [2.24, 2.45) is 11.8 Å². The van der Waals surface area contributed by atoms with Crippen LogP contribution in [0.25, 0.3) is 0 Å². The van der Waals surface area contributed by atoms with Gasteiger partial charge in [-0.15, -0.1) is 12.4 Å². The molecule has 3 rings (SSSR count). The second-order valence-electron chi connectivity index (χ2n) is 7.92. The summed E-state index contributed by atoms with van der Waals surface area (Å²) in [4.78, 5) is 28.2. The fourth-order valence-corrected chi connectivity index (χ4v) is 4.52. The van der Waals surface area contributed by atoms with Crippen molar-refractivity contribution >= 4 is 29.9 Å². The lowest BCUT2D eigenvalue weighted by Gasteiger charge is -2.34. The van der Waals surface area contributed by atoms with E-state index in [1.165, 1.54) is 5.56 Å². The molecule has 3 atom stereocenters. The summed E-state index contributed by atoms with van der Waals surface area (Å²) < 4.78 is 5.00. The lowest BCUT2D eigenvalue weighted by Crippen LogP contribution is -2.48. The van der Waals surface area contributed by atoms with E-state index in [1.54, 1.807) is 7.11 Å². The zero-order valence-electron chi connectivity index (χ0n) is 17.5. The van der Waals surface area contributed by atoms with Gasteiger partial charge in [-0.2, -0.15) is 0 Å². The molecular weight excluding hydrogens is 390 g/mol. The van der Waals surface area contributed by atoms with Crippen LogP contribution in [-0.4, -0.2) is 51.2 Å². The molecule has 1 heterocycles. The summed E-state index contributed by atoms with van der Waals surface area (Å²) in [5, 5.41) is 6.25. The number of nitrogens with one attached hydrogen (secondary N) is 2. The van der Waals surface area contributed by atoms with E-state index < -0.39 is 0 Å². The van der Waals surface area contributed by atoms with Gasteiger partial charge >= 0.3 is 0 Å². The highest BCUT2D eigenvalue weighted by Gasteiger charge is 2.41. The molecule has 2 amide bonds. The minimum Gasteiger partial charge on any atom is -0.383 e. The third kappa shape index (κ3) is 5.71. The number of hydrogen-bond acceptors (Lipinski definition) is 4. The Kier molecular flexibility index (Phi) is 9.40. The van der Waals surface area contributed by atoms with Crippen LogP contribution in [0.3, 0.4) is 0 Å². The number of benzene rings is 1. The van der Waals surface area contributed by atoms with Gasteiger partial charge in [-0.3, -0.25) is 9.59 Å². The number of halogens is 1. The number of amides is 2. The van der Waals surface area contributed by atoms with Crippen LogP contribution in [0.4, 0.5) is 5.69 Å². The minimum atomic E-state index is -0.222. The summed E-state index contributed by atoms with van der Waals surface area (Å²) in [6, 6.07) is 8.29. The number of methoxy groups -OCH3 is 1. The maximum atomic E-state index is 13.5. The molecule has 0 aromatic heterocycles. The number of hydrogen-bond donors (Lipinski definition) is 2. The number of nitrogens with zero attached hydrogens (tertiary/aromatic N) is 1. The van der Waals surface area contributed by atoms with Crippen LogP contribution in [-0.2, 0) is 20.7 Å². The van der Waals surface area contributed by atoms with Gasteiger partial charge in [-0.25, -0.2) is 0 Å². The van der Waals surface area contributed by atoms with Gasteiger partial charge in [-0.1, -0.05) is 31.0 Å². The van der Waals surface area contributed by atoms with Gasteiger partial charge in [0.2, 0.25) is 11.8 Å². The van der Waals surface area contributed by atoms with Crippen molar-refractivity contribution in [2.75, 3.05) is 38.3 Å². The fourth-order valence-electron chi connectivity index (χ4n) is 4.52. The largest absolute Gasteiger partial charge is 0.383 e. The van der Waals surface area contributed by atoms with Gasteiger partial charge in [0.05, 0.1) is 12.5 Å². The molecule has 0 radical (unpaired) electrons. The average molecular weight is 424 g/mol. The SMILES string of the molecule is COCCNCCNC(=O)C1CCCCC1C(=O)N1c2ccccc2CC1C.Cl. The first-order valence-corrected chi connectivity index (χ1v) is 10.5. The average Bonchev–Trinajstić information content (AvgIpc) is 3.05. The molecule has 1 saturated carbocycles. The third-order valence-electron chi connectivity index (χ3n) is 5.95. The monoisotopic (exact) mass is 423 g/mol. The summed E-state index contributed by atoms with van der Waals surface area (Å²) in [7, 11) is 1.67. The molecular formula is C22H34ClN3O3. The molecule has 2 N–H and O–H groups in total. The third-order valence-corrected chi connectivity index (χ3v) is 5.95. The van der Waals surface area contributed by atoms with Crippen molar-refractivity contribution in [2.45, 2.75) is 45.1 Å². The standard InChI is InChI=1S/C22H33N3O3.ClH/c1-16-15-17-7-3-6-10-20(17)25(16)22(27)19-9-5-4-8-18(19)21(26)24-12-11-23-13-14-28-2;/h3,6-7,10,16,18-19,23H,4-5,8-9,11-15H2,1-2H3,(H,24,26);1H. The van der Waals surface area contributed by atoms with Crippen molar-refractivity contribution in [3.05, 3.63) is 29.8 Å². The summed E-state index contributed by atoms with van der Waals surface area (Å²) in [5.74, 6) is -0.300. The van der Waals surface area contributed by atoms with Gasteiger partial charge in [0, 0.05) is 44.4 Å². The van der Waals surface area contributed by atoms with E-state index in [0.29, 0.717) is 19.7 Å². The van der Waals surface area contributed by atoms with Gasteiger partial charge in [0.1, 0.15) is 0 Å². The molecule has 7 heteroatoms. The Labute approximate surface area is 180 Å². The highest BCUT2D eigenvalue weighted by Crippen LogP contribution is 2.38. The fraction of sp³-hybridized carbons (Fsp3) is 0.636. The van der Waals surface area contributed by atoms with Crippen LogP contribution in [0.5, 0.6) is 0 Å². The summed E-state index contributed by atoms with van der Waals surface area (Å²) in [5.41, 5.74) is 2.24. The first kappa shape index (κ1) is 23.6. The molecule has 6 nitrogen and oxygen atoms in total. The maximum absolute atomic E-state index is 13.5. The van der Waals surface area contributed by atoms with Crippen molar-refractivity contribution < 1.29 is 14.3 Å². The van der Waals surface area contributed by atoms with Crippen LogP contribution >= 0.6 is 12.4 Å². The quantitative estimate of drug-likeness (QED) is 0.630. The van der Waals surface area contributed by atoms with Crippen molar-refractivity contribution in [3.63, 3.8) is 0 Å². The van der Waals surface area contributed by atoms with Crippen LogP contribution in [0.2, 0.25) is 0 Å². The normalized spacial score (nSPS) is 23.2. The Morgan fingerprint density at radius 3 is 2.59 bits per heavy atom. The molecule has 0 bridgehead atoms. The molecule has 1 aliphatic carbocycles. The predicted molar refractivity (Wildman–Crippen MR) is 118 cm³/mol. The highest BCUT2D eigenvalue weighted by atomic mass is 35.5.